The maximum Gasteiger partial charge on any atom is 0.220 e. The lowest BCUT2D eigenvalue weighted by Crippen LogP contribution is -2.14. The maximum absolute atomic E-state index is 5.22. The van der Waals surface area contributed by atoms with Gasteiger partial charge in [0.15, 0.2) is 0 Å². The number of fused-ring (bicyclic) bond motifs is 7. The first-order valence-electron chi connectivity index (χ1n) is 12.8. The molecule has 0 saturated carbocycles. The van der Waals surface area contributed by atoms with E-state index in [4.69, 9.17) is 4.98 Å². The molecule has 5 aromatic carbocycles. The Morgan fingerprint density at radius 3 is 2.11 bits per heavy atom. The Bertz CT molecular complexity index is 2000. The zero-order chi connectivity index (χ0) is 24.7. The van der Waals surface area contributed by atoms with Crippen LogP contribution in [-0.2, 0) is 5.41 Å². The average molecular weight is 476 g/mol. The van der Waals surface area contributed by atoms with Crippen molar-refractivity contribution in [3.05, 3.63) is 126 Å². The molecule has 7 aromatic rings. The normalized spacial score (nSPS) is 13.9. The molecule has 0 saturated heterocycles. The second-order valence-corrected chi connectivity index (χ2v) is 10.5. The molecule has 8 rings (SSSR count). The molecule has 0 unspecified atom stereocenters. The van der Waals surface area contributed by atoms with Crippen LogP contribution in [0.3, 0.4) is 0 Å². The van der Waals surface area contributed by atoms with Crippen molar-refractivity contribution in [1.29, 1.82) is 0 Å². The number of benzene rings is 5. The number of rotatable bonds is 2. The van der Waals surface area contributed by atoms with Gasteiger partial charge in [-0.25, -0.2) is 4.98 Å². The van der Waals surface area contributed by atoms with E-state index in [9.17, 15) is 0 Å². The minimum Gasteiger partial charge on any atom is -0.279 e. The predicted molar refractivity (Wildman–Crippen MR) is 153 cm³/mol. The van der Waals surface area contributed by atoms with E-state index >= 15 is 0 Å². The van der Waals surface area contributed by atoms with Gasteiger partial charge in [0.25, 0.3) is 0 Å². The Kier molecular flexibility index (Phi) is 4.00. The van der Waals surface area contributed by atoms with E-state index in [1.54, 1.807) is 0 Å². The molecule has 37 heavy (non-hydrogen) atoms. The molecule has 2 aromatic heterocycles. The zero-order valence-electron chi connectivity index (χ0n) is 20.8. The first kappa shape index (κ1) is 20.6. The molecule has 0 fully saturated rings. The van der Waals surface area contributed by atoms with Crippen molar-refractivity contribution in [3.63, 3.8) is 0 Å². The van der Waals surface area contributed by atoms with Crippen molar-refractivity contribution >= 4 is 32.8 Å². The van der Waals surface area contributed by atoms with Gasteiger partial charge in [-0.1, -0.05) is 86.6 Å². The second kappa shape index (κ2) is 7.21. The fraction of sp³-hybridized carbons (Fsp3) is 0.0882. The van der Waals surface area contributed by atoms with Gasteiger partial charge >= 0.3 is 0 Å². The van der Waals surface area contributed by atoms with Crippen LogP contribution >= 0.6 is 0 Å². The van der Waals surface area contributed by atoms with Crippen molar-refractivity contribution in [2.24, 2.45) is 0 Å². The van der Waals surface area contributed by atoms with Crippen LogP contribution in [0, 0.1) is 0 Å². The van der Waals surface area contributed by atoms with Gasteiger partial charge < -0.3 is 0 Å². The van der Waals surface area contributed by atoms with Crippen molar-refractivity contribution in [3.8, 4) is 22.8 Å². The van der Waals surface area contributed by atoms with E-state index < -0.39 is 0 Å². The molecule has 0 N–H and O–H groups in total. The highest BCUT2D eigenvalue weighted by molar-refractivity contribution is 6.11. The first-order valence-corrected chi connectivity index (χ1v) is 12.8. The number of hydrogen-bond donors (Lipinski definition) is 0. The number of nitrogens with zero attached hydrogens (tertiary/aromatic N) is 3. The van der Waals surface area contributed by atoms with Crippen LogP contribution in [0.5, 0.6) is 0 Å². The molecule has 2 heterocycles. The second-order valence-electron chi connectivity index (χ2n) is 10.5. The lowest BCUT2D eigenvalue weighted by Gasteiger charge is -2.21. The van der Waals surface area contributed by atoms with Crippen LogP contribution in [0.2, 0.25) is 0 Å². The standard InChI is InChI=1S/C34H25N3/c1-34(2)27-16-8-6-14-23(27)25-21-32-26(20-28(25)34)24-15-7-10-18-30(24)37(32)33-35-29-17-9-11-19-31(29)36(33)22-12-4-3-5-13-22/h3-21H,1-2H3. The number of para-hydroxylation sites is 4. The summed E-state index contributed by atoms with van der Waals surface area (Å²) in [6.45, 7) is 4.69. The summed E-state index contributed by atoms with van der Waals surface area (Å²) in [7, 11) is 0. The Balaban J connectivity index is 1.54. The molecule has 0 atom stereocenters. The largest absolute Gasteiger partial charge is 0.279 e. The summed E-state index contributed by atoms with van der Waals surface area (Å²) in [5.74, 6) is 0.907. The summed E-state index contributed by atoms with van der Waals surface area (Å²) < 4.78 is 4.64. The summed E-state index contributed by atoms with van der Waals surface area (Å²) >= 11 is 0. The number of hydrogen-bond acceptors (Lipinski definition) is 1. The summed E-state index contributed by atoms with van der Waals surface area (Å²) in [5, 5.41) is 2.51. The highest BCUT2D eigenvalue weighted by Crippen LogP contribution is 2.51. The van der Waals surface area contributed by atoms with Crippen LogP contribution in [0.15, 0.2) is 115 Å². The average Bonchev–Trinajstić information content (AvgIpc) is 3.54. The Labute approximate surface area is 215 Å². The van der Waals surface area contributed by atoms with Gasteiger partial charge in [-0.2, -0.15) is 0 Å². The molecule has 1 aliphatic carbocycles. The molecule has 176 valence electrons. The molecular formula is C34H25N3. The van der Waals surface area contributed by atoms with Gasteiger partial charge in [0, 0.05) is 21.9 Å². The molecule has 0 aliphatic heterocycles. The Hall–Kier alpha value is -4.63. The van der Waals surface area contributed by atoms with Crippen LogP contribution < -0.4 is 0 Å². The van der Waals surface area contributed by atoms with Crippen molar-refractivity contribution < 1.29 is 0 Å². The van der Waals surface area contributed by atoms with Crippen LogP contribution in [-0.4, -0.2) is 14.1 Å². The Morgan fingerprint density at radius 1 is 0.541 bits per heavy atom. The first-order chi connectivity index (χ1) is 18.1. The van der Waals surface area contributed by atoms with Gasteiger partial charge in [0.1, 0.15) is 0 Å². The number of aromatic nitrogens is 3. The number of imidazole rings is 1. The van der Waals surface area contributed by atoms with E-state index in [-0.39, 0.29) is 5.41 Å². The summed E-state index contributed by atoms with van der Waals surface area (Å²) in [6, 6.07) is 41.4. The van der Waals surface area contributed by atoms with Crippen LogP contribution in [0.1, 0.15) is 25.0 Å². The van der Waals surface area contributed by atoms with Crippen molar-refractivity contribution in [2.45, 2.75) is 19.3 Å². The van der Waals surface area contributed by atoms with Crippen molar-refractivity contribution in [2.75, 3.05) is 0 Å². The van der Waals surface area contributed by atoms with E-state index in [2.05, 4.69) is 138 Å². The monoisotopic (exact) mass is 475 g/mol. The highest BCUT2D eigenvalue weighted by atomic mass is 15.2. The lowest BCUT2D eigenvalue weighted by atomic mass is 9.82. The third-order valence-corrected chi connectivity index (χ3v) is 8.13. The SMILES string of the molecule is CC1(C)c2ccccc2-c2cc3c(cc21)c1ccccc1n3-c1nc2ccccc2n1-c1ccccc1. The minimum absolute atomic E-state index is 0.0412. The molecule has 3 heteroatoms. The van der Waals surface area contributed by atoms with Gasteiger partial charge in [-0.3, -0.25) is 9.13 Å². The van der Waals surface area contributed by atoms with Gasteiger partial charge in [-0.15, -0.1) is 0 Å². The summed E-state index contributed by atoms with van der Waals surface area (Å²) in [4.78, 5) is 5.22. The smallest absolute Gasteiger partial charge is 0.220 e. The van der Waals surface area contributed by atoms with Gasteiger partial charge in [-0.05, 0) is 64.7 Å². The molecule has 0 spiro atoms. The van der Waals surface area contributed by atoms with E-state index in [0.29, 0.717) is 0 Å². The fourth-order valence-electron chi connectivity index (χ4n) is 6.37. The summed E-state index contributed by atoms with van der Waals surface area (Å²) in [6.07, 6.45) is 0. The Morgan fingerprint density at radius 2 is 1.24 bits per heavy atom. The molecule has 0 radical (unpaired) electrons. The highest BCUT2D eigenvalue weighted by Gasteiger charge is 2.36. The van der Waals surface area contributed by atoms with E-state index in [1.807, 2.05) is 0 Å². The van der Waals surface area contributed by atoms with Crippen LogP contribution in [0.25, 0.3) is 55.6 Å². The van der Waals surface area contributed by atoms with Crippen LogP contribution in [0.4, 0.5) is 0 Å². The quantitative estimate of drug-likeness (QED) is 0.246. The lowest BCUT2D eigenvalue weighted by molar-refractivity contribution is 0.661. The molecule has 0 bridgehead atoms. The summed E-state index contributed by atoms with van der Waals surface area (Å²) in [5.41, 5.74) is 10.9. The third kappa shape index (κ3) is 2.69. The molecule has 1 aliphatic rings. The fourth-order valence-corrected chi connectivity index (χ4v) is 6.37. The van der Waals surface area contributed by atoms with E-state index in [0.717, 1.165) is 22.7 Å². The van der Waals surface area contributed by atoms with E-state index in [1.165, 1.54) is 44.1 Å². The molecule has 3 nitrogen and oxygen atoms in total. The predicted octanol–water partition coefficient (Wildman–Crippen LogP) is 8.43. The maximum atomic E-state index is 5.22. The molecular weight excluding hydrogens is 450 g/mol. The van der Waals surface area contributed by atoms with Gasteiger partial charge in [0.2, 0.25) is 5.95 Å². The minimum atomic E-state index is -0.0412. The van der Waals surface area contributed by atoms with Crippen molar-refractivity contribution in [1.82, 2.24) is 14.1 Å². The zero-order valence-corrected chi connectivity index (χ0v) is 20.8. The topological polar surface area (TPSA) is 22.8 Å². The molecule has 0 amide bonds. The third-order valence-electron chi connectivity index (χ3n) is 8.13. The van der Waals surface area contributed by atoms with Gasteiger partial charge in [0.05, 0.1) is 22.1 Å².